The summed E-state index contributed by atoms with van der Waals surface area (Å²) in [5, 5.41) is 0.326. The van der Waals surface area contributed by atoms with Crippen molar-refractivity contribution < 1.29 is 128 Å². The maximum atomic E-state index is 15.2. The molecule has 0 heterocycles. The first-order chi connectivity index (χ1) is 22.2. The van der Waals surface area contributed by atoms with Crippen LogP contribution in [0, 0.1) is 0 Å². The summed E-state index contributed by atoms with van der Waals surface area (Å²) in [6, 6.07) is -28.6. The average Bonchev–Trinajstić information content (AvgIpc) is 2.86. The van der Waals surface area contributed by atoms with Crippen molar-refractivity contribution in [1.29, 1.82) is 0 Å². The van der Waals surface area contributed by atoms with Crippen LogP contribution in [-0.4, -0.2) is 134 Å². The fourth-order valence-corrected chi connectivity index (χ4v) is 4.25. The van der Waals surface area contributed by atoms with E-state index in [9.17, 15) is 105 Å². The van der Waals surface area contributed by atoms with Gasteiger partial charge in [0, 0.05) is 19.4 Å². The summed E-state index contributed by atoms with van der Waals surface area (Å²) < 4.78 is 358. The standard InChI is InChI=1S/C20H19F24N3O4S/c1-47(2,7-4-8-52(49,50)51)6-3-5-45-9(48)10(21,15(30,31)32)18(39,40)46(19(41,42)13(26,27)11(22,23)16(33,34)35)20(43,44)14(28,29)12(24,25)17(36,37)38/h3-8H2,1-2H3,(H-,45,48,49,50,51)/p+1. The predicted octanol–water partition coefficient (Wildman–Crippen LogP) is 6.86. The number of nitrogens with one attached hydrogen (secondary N) is 1. The molecule has 0 bridgehead atoms. The number of hydrogen-bond donors (Lipinski definition) is 2. The molecule has 32 heteroatoms. The minimum Gasteiger partial charge on any atom is -0.353 e. The van der Waals surface area contributed by atoms with Gasteiger partial charge in [-0.1, -0.05) is 0 Å². The largest absolute Gasteiger partial charge is 0.460 e. The van der Waals surface area contributed by atoms with E-state index < -0.39 is 123 Å². The molecule has 0 radical (unpaired) electrons. The van der Waals surface area contributed by atoms with Gasteiger partial charge in [-0.2, -0.15) is 109 Å². The van der Waals surface area contributed by atoms with Crippen LogP contribution in [0.1, 0.15) is 12.8 Å². The lowest BCUT2D eigenvalue weighted by Gasteiger charge is -2.50. The van der Waals surface area contributed by atoms with Crippen LogP contribution >= 0.6 is 0 Å². The van der Waals surface area contributed by atoms with E-state index in [-0.39, 0.29) is 6.54 Å². The van der Waals surface area contributed by atoms with E-state index in [1.807, 2.05) is 0 Å². The smallest absolute Gasteiger partial charge is 0.353 e. The van der Waals surface area contributed by atoms with E-state index in [2.05, 4.69) is 0 Å². The summed E-state index contributed by atoms with van der Waals surface area (Å²) in [6.45, 7) is -2.73. The lowest BCUT2D eigenvalue weighted by atomic mass is 9.95. The number of carbonyl (C=O) groups is 1. The Bertz CT molecular complexity index is 1320. The van der Waals surface area contributed by atoms with E-state index in [1.165, 1.54) is 0 Å². The van der Waals surface area contributed by atoms with E-state index >= 15 is 13.2 Å². The Labute approximate surface area is 273 Å². The Morgan fingerprint density at radius 2 is 0.885 bits per heavy atom. The molecule has 52 heavy (non-hydrogen) atoms. The third kappa shape index (κ3) is 8.61. The van der Waals surface area contributed by atoms with Gasteiger partial charge >= 0.3 is 66.0 Å². The van der Waals surface area contributed by atoms with Crippen molar-refractivity contribution in [3.05, 3.63) is 0 Å². The van der Waals surface area contributed by atoms with Crippen LogP contribution < -0.4 is 5.32 Å². The average molecular weight is 854 g/mol. The number of rotatable bonds is 17. The number of alkyl halides is 24. The third-order valence-corrected chi connectivity index (χ3v) is 7.41. The van der Waals surface area contributed by atoms with Gasteiger partial charge < -0.3 is 9.80 Å². The molecule has 0 rings (SSSR count). The molecule has 0 aliphatic rings. The first kappa shape index (κ1) is 49.6. The van der Waals surface area contributed by atoms with Crippen molar-refractivity contribution in [2.75, 3.05) is 39.5 Å². The third-order valence-electron chi connectivity index (χ3n) is 6.61. The van der Waals surface area contributed by atoms with E-state index in [4.69, 9.17) is 4.55 Å². The Morgan fingerprint density at radius 1 is 0.558 bits per heavy atom. The van der Waals surface area contributed by atoms with Crippen LogP contribution in [0.15, 0.2) is 0 Å². The first-order valence-corrected chi connectivity index (χ1v) is 14.2. The number of quaternary nitrogens is 1. The maximum absolute atomic E-state index is 15.2. The highest BCUT2D eigenvalue weighted by Crippen LogP contribution is 2.64. The molecule has 0 fully saturated rings. The minimum atomic E-state index is -9.63. The monoisotopic (exact) mass is 854 g/mol. The van der Waals surface area contributed by atoms with Gasteiger partial charge in [0.15, 0.2) is 0 Å². The van der Waals surface area contributed by atoms with Gasteiger partial charge in [-0.05, 0) is 0 Å². The zero-order valence-corrected chi connectivity index (χ0v) is 25.6. The Morgan fingerprint density at radius 3 is 1.17 bits per heavy atom. The molecule has 0 aromatic heterocycles. The van der Waals surface area contributed by atoms with Crippen LogP contribution in [0.3, 0.4) is 0 Å². The van der Waals surface area contributed by atoms with Gasteiger partial charge in [0.05, 0.1) is 32.9 Å². The molecule has 0 aromatic carbocycles. The van der Waals surface area contributed by atoms with E-state index in [0.717, 1.165) is 14.1 Å². The van der Waals surface area contributed by atoms with Gasteiger partial charge in [0.2, 0.25) is 0 Å². The number of nitrogens with zero attached hydrogens (tertiary/aromatic N) is 2. The van der Waals surface area contributed by atoms with Gasteiger partial charge in [0.25, 0.3) is 16.0 Å². The SMILES string of the molecule is C[N+](C)(CCCNC(=O)C(F)(C(F)(F)F)C(F)(F)N(C(F)(F)C(F)(F)C(F)(F)C(F)(F)F)C(F)(F)C(F)(F)C(F)(F)C(F)(F)F)CCCS(=O)(=O)O. The van der Waals surface area contributed by atoms with Gasteiger partial charge in [0.1, 0.15) is 0 Å². The van der Waals surface area contributed by atoms with Gasteiger partial charge in [-0.25, -0.2) is 4.39 Å². The fraction of sp³-hybridized carbons (Fsp3) is 0.950. The molecule has 0 saturated carbocycles. The number of halogens is 24. The Balaban J connectivity index is 7.62. The van der Waals surface area contributed by atoms with Crippen LogP contribution in [0.2, 0.25) is 0 Å². The van der Waals surface area contributed by atoms with Gasteiger partial charge in [-0.15, -0.1) is 4.90 Å². The van der Waals surface area contributed by atoms with Crippen molar-refractivity contribution in [3.63, 3.8) is 0 Å². The van der Waals surface area contributed by atoms with Crippen molar-refractivity contribution in [3.8, 4) is 0 Å². The molecule has 0 aromatic rings. The van der Waals surface area contributed by atoms with Crippen LogP contribution in [0.25, 0.3) is 0 Å². The molecule has 1 amide bonds. The van der Waals surface area contributed by atoms with Crippen molar-refractivity contribution in [1.82, 2.24) is 10.2 Å². The van der Waals surface area contributed by atoms with Crippen LogP contribution in [-0.2, 0) is 14.9 Å². The second kappa shape index (κ2) is 14.0. The quantitative estimate of drug-likeness (QED) is 0.0550. The summed E-state index contributed by atoms with van der Waals surface area (Å²) in [6.07, 6.45) is -26.5. The van der Waals surface area contributed by atoms with Crippen molar-refractivity contribution in [2.24, 2.45) is 0 Å². The second-order valence-electron chi connectivity index (χ2n) is 11.0. The van der Waals surface area contributed by atoms with Crippen molar-refractivity contribution in [2.45, 2.75) is 78.9 Å². The molecule has 0 saturated heterocycles. The van der Waals surface area contributed by atoms with Crippen LogP contribution in [0.5, 0.6) is 0 Å². The highest BCUT2D eigenvalue weighted by Gasteiger charge is 2.95. The lowest BCUT2D eigenvalue weighted by molar-refractivity contribution is -0.890. The molecule has 1 atom stereocenters. The maximum Gasteiger partial charge on any atom is 0.460 e. The number of carbonyl (C=O) groups excluding carboxylic acids is 1. The molecule has 2 N–H and O–H groups in total. The Hall–Kier alpha value is -2.38. The summed E-state index contributed by atoms with van der Waals surface area (Å²) in [5.41, 5.74) is -8.35. The normalized spacial score (nSPS) is 17.0. The van der Waals surface area contributed by atoms with E-state index in [0.29, 0.717) is 5.32 Å². The fourth-order valence-electron chi connectivity index (χ4n) is 3.75. The number of amides is 1. The molecule has 0 spiro atoms. The zero-order chi connectivity index (χ0) is 42.6. The summed E-state index contributed by atoms with van der Waals surface area (Å²) in [5.74, 6) is -41.9. The first-order valence-electron chi connectivity index (χ1n) is 12.6. The predicted molar refractivity (Wildman–Crippen MR) is 119 cm³/mol. The second-order valence-corrected chi connectivity index (χ2v) is 12.6. The summed E-state index contributed by atoms with van der Waals surface area (Å²) in [7, 11) is -2.39. The van der Waals surface area contributed by atoms with E-state index in [1.54, 1.807) is 0 Å². The lowest BCUT2D eigenvalue weighted by Crippen LogP contribution is -2.82. The number of hydrogen-bond acceptors (Lipinski definition) is 4. The molecule has 1 unspecified atom stereocenters. The molecule has 7 nitrogen and oxygen atoms in total. The highest BCUT2D eigenvalue weighted by atomic mass is 32.2. The summed E-state index contributed by atoms with van der Waals surface area (Å²) >= 11 is 0. The zero-order valence-electron chi connectivity index (χ0n) is 24.8. The summed E-state index contributed by atoms with van der Waals surface area (Å²) in [4.78, 5) is 6.25. The van der Waals surface area contributed by atoms with Crippen molar-refractivity contribution >= 4 is 16.0 Å². The molecule has 0 aliphatic carbocycles. The molecule has 0 aliphatic heterocycles. The minimum absolute atomic E-state index is 0.326. The molecule has 312 valence electrons. The highest BCUT2D eigenvalue weighted by molar-refractivity contribution is 7.85. The van der Waals surface area contributed by atoms with Gasteiger partial charge in [-0.3, -0.25) is 9.35 Å². The van der Waals surface area contributed by atoms with Crippen LogP contribution in [0.4, 0.5) is 105 Å². The Kier molecular flexibility index (Phi) is 13.4. The topological polar surface area (TPSA) is 86.7 Å². The molecular weight excluding hydrogens is 834 g/mol. The molecular formula is C20H20F24N3O4S+.